The molecule has 1 aliphatic rings. The minimum Gasteiger partial charge on any atom is -0.493 e. The van der Waals surface area contributed by atoms with E-state index >= 15 is 0 Å². The van der Waals surface area contributed by atoms with E-state index in [2.05, 4.69) is 10.3 Å². The van der Waals surface area contributed by atoms with Crippen LogP contribution in [0.1, 0.15) is 30.5 Å². The number of carbonyl (C=O) groups is 1. The lowest BCUT2D eigenvalue weighted by molar-refractivity contribution is -0.115. The zero-order valence-corrected chi connectivity index (χ0v) is 15.8. The molecule has 0 radical (unpaired) electrons. The van der Waals surface area contributed by atoms with Gasteiger partial charge in [0, 0.05) is 28.3 Å². The van der Waals surface area contributed by atoms with Crippen molar-refractivity contribution >= 4 is 39.4 Å². The molecule has 0 saturated carbocycles. The van der Waals surface area contributed by atoms with E-state index in [0.29, 0.717) is 11.8 Å². The number of carbonyl (C=O) groups excluding carboxylic acids is 1. The summed E-state index contributed by atoms with van der Waals surface area (Å²) in [7, 11) is 0. The fraction of sp³-hybridized carbons (Fsp3) is 0.368. The number of thioether (sulfide) groups is 1. The highest BCUT2D eigenvalue weighted by Gasteiger charge is 2.17. The van der Waals surface area contributed by atoms with Gasteiger partial charge >= 0.3 is 0 Å². The molecule has 1 aromatic heterocycles. The molecule has 25 heavy (non-hydrogen) atoms. The van der Waals surface area contributed by atoms with Gasteiger partial charge in [-0.3, -0.25) is 9.79 Å². The fourth-order valence-electron chi connectivity index (χ4n) is 2.89. The van der Waals surface area contributed by atoms with Gasteiger partial charge in [-0.15, -0.1) is 0 Å². The monoisotopic (exact) mass is 358 g/mol. The third kappa shape index (κ3) is 3.58. The maximum Gasteiger partial charge on any atom is 0.250 e. The number of nitrogens with one attached hydrogen (secondary N) is 1. The van der Waals surface area contributed by atoms with E-state index in [0.717, 1.165) is 51.3 Å². The molecular weight excluding hydrogens is 336 g/mol. The lowest BCUT2D eigenvalue weighted by Gasteiger charge is -2.14. The highest BCUT2D eigenvalue weighted by Crippen LogP contribution is 2.37. The first-order valence-electron chi connectivity index (χ1n) is 8.32. The molecule has 0 saturated heterocycles. The van der Waals surface area contributed by atoms with Crippen LogP contribution in [0.3, 0.4) is 0 Å². The van der Waals surface area contributed by atoms with Crippen LogP contribution in [0.5, 0.6) is 5.75 Å². The molecule has 0 fully saturated rings. The standard InChI is InChI=1S/C19H22N2O3S/c1-5-23-17-13(4)18-15(12(3)10-24-18)9-14(17)11(2)8-16(22)21-19-20-6-7-25-19/h8-10H,5-7H2,1-4H3,(H,20,21,22)/b11-8+. The van der Waals surface area contributed by atoms with Gasteiger partial charge in [-0.1, -0.05) is 11.8 Å². The molecule has 0 spiro atoms. The maximum absolute atomic E-state index is 12.3. The second kappa shape index (κ2) is 7.35. The van der Waals surface area contributed by atoms with E-state index in [1.54, 1.807) is 24.1 Å². The number of aliphatic imine (C=N–C) groups is 1. The van der Waals surface area contributed by atoms with Crippen LogP contribution in [0.15, 0.2) is 27.8 Å². The molecule has 0 unspecified atom stereocenters. The van der Waals surface area contributed by atoms with Crippen molar-refractivity contribution < 1.29 is 13.9 Å². The number of hydrogen-bond donors (Lipinski definition) is 1. The maximum atomic E-state index is 12.3. The molecule has 0 atom stereocenters. The van der Waals surface area contributed by atoms with Gasteiger partial charge in [-0.05, 0) is 44.9 Å². The van der Waals surface area contributed by atoms with Crippen LogP contribution < -0.4 is 10.1 Å². The third-order valence-corrected chi connectivity index (χ3v) is 5.01. The van der Waals surface area contributed by atoms with Crippen molar-refractivity contribution in [2.75, 3.05) is 18.9 Å². The average Bonchev–Trinajstić information content (AvgIpc) is 3.20. The van der Waals surface area contributed by atoms with Crippen molar-refractivity contribution in [2.24, 2.45) is 4.99 Å². The summed E-state index contributed by atoms with van der Waals surface area (Å²) >= 11 is 1.56. The van der Waals surface area contributed by atoms with Gasteiger partial charge in [0.15, 0.2) is 5.17 Å². The molecule has 132 valence electrons. The molecule has 2 heterocycles. The van der Waals surface area contributed by atoms with Crippen LogP contribution in [0.4, 0.5) is 0 Å². The van der Waals surface area contributed by atoms with E-state index in [4.69, 9.17) is 9.15 Å². The molecule has 3 rings (SSSR count). The minimum atomic E-state index is -0.172. The summed E-state index contributed by atoms with van der Waals surface area (Å²) in [5.74, 6) is 1.51. The number of fused-ring (bicyclic) bond motifs is 1. The largest absolute Gasteiger partial charge is 0.493 e. The van der Waals surface area contributed by atoms with Crippen molar-refractivity contribution in [1.29, 1.82) is 0 Å². The summed E-state index contributed by atoms with van der Waals surface area (Å²) in [5, 5.41) is 4.56. The molecule has 2 aromatic rings. The van der Waals surface area contributed by atoms with Crippen molar-refractivity contribution in [1.82, 2.24) is 5.32 Å². The van der Waals surface area contributed by atoms with Crippen LogP contribution in [0.25, 0.3) is 16.5 Å². The number of benzene rings is 1. The summed E-state index contributed by atoms with van der Waals surface area (Å²) in [4.78, 5) is 16.5. The highest BCUT2D eigenvalue weighted by atomic mass is 32.2. The molecule has 5 nitrogen and oxygen atoms in total. The van der Waals surface area contributed by atoms with E-state index in [1.165, 1.54) is 0 Å². The predicted molar refractivity (Wildman–Crippen MR) is 103 cm³/mol. The first-order valence-corrected chi connectivity index (χ1v) is 9.31. The normalized spacial score (nSPS) is 14.7. The number of amides is 1. The molecule has 1 amide bonds. The van der Waals surface area contributed by atoms with Gasteiger partial charge in [0.2, 0.25) is 5.91 Å². The zero-order valence-electron chi connectivity index (χ0n) is 14.9. The van der Waals surface area contributed by atoms with Crippen molar-refractivity contribution in [3.05, 3.63) is 35.1 Å². The summed E-state index contributed by atoms with van der Waals surface area (Å²) in [6.07, 6.45) is 3.35. The topological polar surface area (TPSA) is 63.8 Å². The number of rotatable bonds is 4. The number of amidine groups is 1. The lowest BCUT2D eigenvalue weighted by Crippen LogP contribution is -2.25. The van der Waals surface area contributed by atoms with Crippen molar-refractivity contribution in [3.8, 4) is 5.75 Å². The molecule has 1 N–H and O–H groups in total. The van der Waals surface area contributed by atoms with Gasteiger partial charge < -0.3 is 14.5 Å². The van der Waals surface area contributed by atoms with E-state index in [1.807, 2.05) is 33.8 Å². The number of nitrogens with zero attached hydrogens (tertiary/aromatic N) is 1. The second-order valence-corrected chi connectivity index (χ2v) is 7.04. The first kappa shape index (κ1) is 17.6. The van der Waals surface area contributed by atoms with Gasteiger partial charge in [-0.25, -0.2) is 0 Å². The van der Waals surface area contributed by atoms with Crippen molar-refractivity contribution in [3.63, 3.8) is 0 Å². The highest BCUT2D eigenvalue weighted by molar-refractivity contribution is 8.14. The Morgan fingerprint density at radius 2 is 2.28 bits per heavy atom. The number of allylic oxidation sites excluding steroid dienone is 1. The summed E-state index contributed by atoms with van der Waals surface area (Å²) in [5.41, 5.74) is 4.60. The van der Waals surface area contributed by atoms with Crippen LogP contribution in [-0.4, -0.2) is 30.0 Å². The number of aryl methyl sites for hydroxylation is 2. The SMILES string of the molecule is CCOc1c(/C(C)=C/C(=O)NC2=NCCS2)cc2c(C)coc2c1C. The Morgan fingerprint density at radius 3 is 2.96 bits per heavy atom. The van der Waals surface area contributed by atoms with Gasteiger partial charge in [0.1, 0.15) is 11.3 Å². The van der Waals surface area contributed by atoms with Crippen LogP contribution in [-0.2, 0) is 4.79 Å². The molecule has 1 aromatic carbocycles. The smallest absolute Gasteiger partial charge is 0.250 e. The average molecular weight is 358 g/mol. The lowest BCUT2D eigenvalue weighted by atomic mass is 9.98. The van der Waals surface area contributed by atoms with Crippen LogP contribution in [0.2, 0.25) is 0 Å². The fourth-order valence-corrected chi connectivity index (χ4v) is 3.62. The molecule has 0 bridgehead atoms. The van der Waals surface area contributed by atoms with E-state index in [-0.39, 0.29) is 5.91 Å². The van der Waals surface area contributed by atoms with E-state index in [9.17, 15) is 4.79 Å². The minimum absolute atomic E-state index is 0.172. The molecular formula is C19H22N2O3S. The van der Waals surface area contributed by atoms with Crippen LogP contribution >= 0.6 is 11.8 Å². The number of hydrogen-bond acceptors (Lipinski definition) is 5. The van der Waals surface area contributed by atoms with Gasteiger partial charge in [0.25, 0.3) is 0 Å². The molecule has 1 aliphatic heterocycles. The molecule has 0 aliphatic carbocycles. The predicted octanol–water partition coefficient (Wildman–Crippen LogP) is 4.07. The zero-order chi connectivity index (χ0) is 18.0. The Morgan fingerprint density at radius 1 is 1.48 bits per heavy atom. The van der Waals surface area contributed by atoms with E-state index < -0.39 is 0 Å². The van der Waals surface area contributed by atoms with Crippen LogP contribution in [0, 0.1) is 13.8 Å². The van der Waals surface area contributed by atoms with Gasteiger partial charge in [-0.2, -0.15) is 0 Å². The van der Waals surface area contributed by atoms with Gasteiger partial charge in [0.05, 0.1) is 19.4 Å². The Hall–Kier alpha value is -2.21. The Kier molecular flexibility index (Phi) is 5.18. The second-order valence-electron chi connectivity index (χ2n) is 5.96. The Balaban J connectivity index is 1.99. The third-order valence-electron chi connectivity index (χ3n) is 4.11. The Labute approximate surface area is 151 Å². The first-order chi connectivity index (χ1) is 12.0. The summed E-state index contributed by atoms with van der Waals surface area (Å²) in [6, 6.07) is 2.03. The Bertz CT molecular complexity index is 880. The summed E-state index contributed by atoms with van der Waals surface area (Å²) < 4.78 is 11.5. The summed E-state index contributed by atoms with van der Waals surface area (Å²) in [6.45, 7) is 9.16. The number of ether oxygens (including phenoxy) is 1. The van der Waals surface area contributed by atoms with Crippen molar-refractivity contribution in [2.45, 2.75) is 27.7 Å². The quantitative estimate of drug-likeness (QED) is 0.837. The number of furan rings is 1. The molecule has 6 heteroatoms.